The van der Waals surface area contributed by atoms with Gasteiger partial charge in [-0.2, -0.15) is 0 Å². The van der Waals surface area contributed by atoms with E-state index in [1.165, 1.54) is 6.42 Å². The van der Waals surface area contributed by atoms with Gasteiger partial charge >= 0.3 is 0 Å². The third kappa shape index (κ3) is 2.84. The normalized spacial score (nSPS) is 24.8. The van der Waals surface area contributed by atoms with Crippen molar-refractivity contribution >= 4 is 11.6 Å². The Morgan fingerprint density at radius 3 is 2.41 bits per heavy atom. The molecule has 2 rings (SSSR count). The van der Waals surface area contributed by atoms with E-state index in [0.717, 1.165) is 18.9 Å². The zero-order valence-corrected chi connectivity index (χ0v) is 10.8. The number of carbonyl (C=O) groups excluding carboxylic acids is 1. The average Bonchev–Trinajstić information content (AvgIpc) is 2.28. The highest BCUT2D eigenvalue weighted by Crippen LogP contribution is 2.24. The lowest BCUT2D eigenvalue weighted by atomic mass is 9.92. The number of carbonyl (C=O) groups is 1. The highest BCUT2D eigenvalue weighted by molar-refractivity contribution is 5.93. The van der Waals surface area contributed by atoms with E-state index in [4.69, 9.17) is 0 Å². The van der Waals surface area contributed by atoms with Crippen LogP contribution in [0.5, 0.6) is 0 Å². The van der Waals surface area contributed by atoms with Crippen LogP contribution in [-0.2, 0) is 0 Å². The monoisotopic (exact) mass is 232 g/mol. The first-order valence-electron chi connectivity index (χ1n) is 6.28. The predicted octanol–water partition coefficient (Wildman–Crippen LogP) is 2.77. The maximum absolute atomic E-state index is 11.2. The first kappa shape index (κ1) is 12.1. The van der Waals surface area contributed by atoms with Crippen molar-refractivity contribution in [3.8, 4) is 0 Å². The number of hydrogen-bond acceptors (Lipinski definition) is 3. The Morgan fingerprint density at radius 1 is 1.29 bits per heavy atom. The number of aromatic nitrogens is 1. The molecule has 0 N–H and O–H groups in total. The molecule has 1 aromatic heterocycles. The summed E-state index contributed by atoms with van der Waals surface area (Å²) in [6, 6.07) is 3.83. The van der Waals surface area contributed by atoms with Gasteiger partial charge in [-0.15, -0.1) is 0 Å². The summed E-state index contributed by atoms with van der Waals surface area (Å²) in [4.78, 5) is 17.9. The summed E-state index contributed by atoms with van der Waals surface area (Å²) in [5.74, 6) is 2.50. The van der Waals surface area contributed by atoms with Crippen molar-refractivity contribution < 1.29 is 4.79 Å². The van der Waals surface area contributed by atoms with E-state index < -0.39 is 0 Å². The molecule has 0 aromatic carbocycles. The molecule has 1 fully saturated rings. The minimum atomic E-state index is 0.0735. The molecule has 1 saturated heterocycles. The van der Waals surface area contributed by atoms with Crippen molar-refractivity contribution in [1.29, 1.82) is 0 Å². The molecule has 1 aliphatic heterocycles. The van der Waals surface area contributed by atoms with Crippen molar-refractivity contribution in [3.05, 3.63) is 23.9 Å². The summed E-state index contributed by atoms with van der Waals surface area (Å²) < 4.78 is 0. The van der Waals surface area contributed by atoms with Crippen molar-refractivity contribution in [3.63, 3.8) is 0 Å². The number of piperidine rings is 1. The van der Waals surface area contributed by atoms with Crippen molar-refractivity contribution in [2.45, 2.75) is 27.2 Å². The van der Waals surface area contributed by atoms with Gasteiger partial charge in [-0.3, -0.25) is 4.79 Å². The van der Waals surface area contributed by atoms with Gasteiger partial charge in [0.15, 0.2) is 5.78 Å². The zero-order valence-electron chi connectivity index (χ0n) is 10.8. The van der Waals surface area contributed by atoms with Gasteiger partial charge in [0.05, 0.1) is 0 Å². The maximum atomic E-state index is 11.2. The standard InChI is InChI=1S/C14H20N2O/c1-10-6-11(2)9-16(8-10)14-5-4-13(7-15-14)12(3)17/h4-5,7,10-11H,6,8-9H2,1-3H3. The first-order chi connectivity index (χ1) is 8.06. The van der Waals surface area contributed by atoms with Gasteiger partial charge in [-0.05, 0) is 37.3 Å². The molecule has 2 unspecified atom stereocenters. The average molecular weight is 232 g/mol. The Morgan fingerprint density at radius 2 is 1.94 bits per heavy atom. The van der Waals surface area contributed by atoms with E-state index in [1.807, 2.05) is 12.1 Å². The number of hydrogen-bond donors (Lipinski definition) is 0. The van der Waals surface area contributed by atoms with Crippen molar-refractivity contribution in [1.82, 2.24) is 4.98 Å². The molecule has 0 amide bonds. The van der Waals surface area contributed by atoms with E-state index in [2.05, 4.69) is 23.7 Å². The molecular weight excluding hydrogens is 212 g/mol. The molecule has 3 heteroatoms. The Balaban J connectivity index is 2.14. The van der Waals surface area contributed by atoms with Gasteiger partial charge in [0, 0.05) is 24.8 Å². The minimum absolute atomic E-state index is 0.0735. The molecule has 0 aliphatic carbocycles. The highest BCUT2D eigenvalue weighted by atomic mass is 16.1. The molecule has 0 radical (unpaired) electrons. The second kappa shape index (κ2) is 4.86. The van der Waals surface area contributed by atoms with Crippen LogP contribution in [0.4, 0.5) is 5.82 Å². The zero-order chi connectivity index (χ0) is 12.4. The van der Waals surface area contributed by atoms with E-state index in [0.29, 0.717) is 17.4 Å². The summed E-state index contributed by atoms with van der Waals surface area (Å²) in [5, 5.41) is 0. The molecular formula is C14H20N2O. The largest absolute Gasteiger partial charge is 0.356 e. The molecule has 17 heavy (non-hydrogen) atoms. The van der Waals surface area contributed by atoms with E-state index >= 15 is 0 Å². The number of ketones is 1. The molecule has 1 aromatic rings. The summed E-state index contributed by atoms with van der Waals surface area (Å²) >= 11 is 0. The summed E-state index contributed by atoms with van der Waals surface area (Å²) in [6.07, 6.45) is 2.98. The van der Waals surface area contributed by atoms with Gasteiger partial charge in [0.25, 0.3) is 0 Å². The Labute approximate surface area is 103 Å². The lowest BCUT2D eigenvalue weighted by Gasteiger charge is -2.35. The maximum Gasteiger partial charge on any atom is 0.161 e. The quantitative estimate of drug-likeness (QED) is 0.735. The first-order valence-corrected chi connectivity index (χ1v) is 6.28. The predicted molar refractivity (Wildman–Crippen MR) is 69.4 cm³/mol. The van der Waals surface area contributed by atoms with Gasteiger partial charge < -0.3 is 4.90 Å². The molecule has 2 heterocycles. The Kier molecular flexibility index (Phi) is 3.46. The van der Waals surface area contributed by atoms with Crippen molar-refractivity contribution in [2.75, 3.05) is 18.0 Å². The third-order valence-corrected chi connectivity index (χ3v) is 3.35. The van der Waals surface area contributed by atoms with Crippen LogP contribution in [0.2, 0.25) is 0 Å². The minimum Gasteiger partial charge on any atom is -0.356 e. The molecule has 3 nitrogen and oxygen atoms in total. The van der Waals surface area contributed by atoms with Crippen LogP contribution in [0.15, 0.2) is 18.3 Å². The Hall–Kier alpha value is -1.38. The number of rotatable bonds is 2. The van der Waals surface area contributed by atoms with Gasteiger partial charge in [0.2, 0.25) is 0 Å². The van der Waals surface area contributed by atoms with E-state index in [1.54, 1.807) is 13.1 Å². The molecule has 1 aliphatic rings. The lowest BCUT2D eigenvalue weighted by molar-refractivity contribution is 0.101. The van der Waals surface area contributed by atoms with E-state index in [-0.39, 0.29) is 5.78 Å². The lowest BCUT2D eigenvalue weighted by Crippen LogP contribution is -2.39. The van der Waals surface area contributed by atoms with Crippen LogP contribution in [0.25, 0.3) is 0 Å². The number of nitrogens with zero attached hydrogens (tertiary/aromatic N) is 2. The molecule has 2 atom stereocenters. The van der Waals surface area contributed by atoms with Crippen LogP contribution >= 0.6 is 0 Å². The fourth-order valence-electron chi connectivity index (χ4n) is 2.63. The molecule has 0 saturated carbocycles. The molecule has 0 bridgehead atoms. The fraction of sp³-hybridized carbons (Fsp3) is 0.571. The second-order valence-corrected chi connectivity index (χ2v) is 5.31. The molecule has 92 valence electrons. The highest BCUT2D eigenvalue weighted by Gasteiger charge is 2.22. The van der Waals surface area contributed by atoms with Crippen LogP contribution in [0.1, 0.15) is 37.6 Å². The summed E-state index contributed by atoms with van der Waals surface area (Å²) in [6.45, 7) is 8.27. The number of anilines is 1. The van der Waals surface area contributed by atoms with Crippen LogP contribution in [0, 0.1) is 11.8 Å². The number of Topliss-reactive ketones (excluding diaryl/α,β-unsaturated/α-hetero) is 1. The fourth-order valence-corrected chi connectivity index (χ4v) is 2.63. The number of pyridine rings is 1. The topological polar surface area (TPSA) is 33.2 Å². The Bertz CT molecular complexity index is 389. The second-order valence-electron chi connectivity index (χ2n) is 5.31. The van der Waals surface area contributed by atoms with Gasteiger partial charge in [-0.1, -0.05) is 13.8 Å². The van der Waals surface area contributed by atoms with Crippen LogP contribution in [-0.4, -0.2) is 23.9 Å². The van der Waals surface area contributed by atoms with Crippen LogP contribution < -0.4 is 4.90 Å². The molecule has 0 spiro atoms. The van der Waals surface area contributed by atoms with Crippen LogP contribution in [0.3, 0.4) is 0 Å². The summed E-state index contributed by atoms with van der Waals surface area (Å²) in [7, 11) is 0. The third-order valence-electron chi connectivity index (χ3n) is 3.35. The van der Waals surface area contributed by atoms with E-state index in [9.17, 15) is 4.79 Å². The smallest absolute Gasteiger partial charge is 0.161 e. The van der Waals surface area contributed by atoms with Gasteiger partial charge in [0.1, 0.15) is 5.82 Å². The SMILES string of the molecule is CC(=O)c1ccc(N2CC(C)CC(C)C2)nc1. The van der Waals surface area contributed by atoms with Crippen molar-refractivity contribution in [2.24, 2.45) is 11.8 Å². The van der Waals surface area contributed by atoms with Gasteiger partial charge in [-0.25, -0.2) is 4.98 Å². The summed E-state index contributed by atoms with van der Waals surface area (Å²) in [5.41, 5.74) is 0.687.